The van der Waals surface area contributed by atoms with Crippen LogP contribution >= 0.6 is 0 Å². The van der Waals surface area contributed by atoms with E-state index in [1.807, 2.05) is 6.07 Å². The molecule has 8 rings (SSSR count). The fourth-order valence-electron chi connectivity index (χ4n) is 9.79. The maximum atomic E-state index is 11.0. The number of fused-ring (bicyclic) bond motifs is 2. The molecule has 33 heavy (non-hydrogen) atoms. The van der Waals surface area contributed by atoms with Gasteiger partial charge in [0.05, 0.1) is 0 Å². The van der Waals surface area contributed by atoms with Crippen LogP contribution in [0.25, 0.3) is 0 Å². The lowest BCUT2D eigenvalue weighted by Gasteiger charge is -2.75. The highest BCUT2D eigenvalue weighted by atomic mass is 16.5. The van der Waals surface area contributed by atoms with E-state index in [1.54, 1.807) is 0 Å². The first-order valence-corrected chi connectivity index (χ1v) is 13.6. The van der Waals surface area contributed by atoms with Crippen molar-refractivity contribution in [2.75, 3.05) is 13.1 Å². The van der Waals surface area contributed by atoms with Crippen LogP contribution in [-0.4, -0.2) is 35.2 Å². The molecule has 5 fully saturated rings. The summed E-state index contributed by atoms with van der Waals surface area (Å²) in [5, 5.41) is 11.0. The number of benzene rings is 1. The molecular weight excluding hydrogens is 406 g/mol. The number of aromatic hydroxyl groups is 1. The first-order valence-electron chi connectivity index (χ1n) is 13.6. The van der Waals surface area contributed by atoms with Crippen molar-refractivity contribution in [1.82, 2.24) is 4.90 Å². The van der Waals surface area contributed by atoms with E-state index in [-0.39, 0.29) is 27.8 Å². The van der Waals surface area contributed by atoms with Gasteiger partial charge in [-0.1, -0.05) is 45.9 Å². The standard InChI is InChI=1S/C30H41NO2/c1-6-28-11-12-29(16-21(28)18(2)27(3,4)5)23-15-20-9-10-22(32)25-24(20)30(29,26(28)33-25)13-14-31(23)17-19-7-8-19/h9-10,19,21,23,26,32H,2,6-8,11-17H2,1,3-5H3/t21-,23-,26+,28?,29-,30+/m1/s1. The van der Waals surface area contributed by atoms with Crippen molar-refractivity contribution in [3.05, 3.63) is 35.4 Å². The zero-order valence-electron chi connectivity index (χ0n) is 21.0. The number of piperidine rings is 1. The Kier molecular flexibility index (Phi) is 3.92. The predicted molar refractivity (Wildman–Crippen MR) is 132 cm³/mol. The largest absolute Gasteiger partial charge is 0.504 e. The fourth-order valence-corrected chi connectivity index (χ4v) is 9.79. The Morgan fingerprint density at radius 2 is 2.00 bits per heavy atom. The van der Waals surface area contributed by atoms with Gasteiger partial charge in [-0.05, 0) is 86.8 Å². The first-order chi connectivity index (χ1) is 15.7. The summed E-state index contributed by atoms with van der Waals surface area (Å²) in [7, 11) is 0. The van der Waals surface area contributed by atoms with Crippen LogP contribution < -0.4 is 4.74 Å². The van der Waals surface area contributed by atoms with Crippen LogP contribution in [0, 0.1) is 28.1 Å². The van der Waals surface area contributed by atoms with Crippen LogP contribution in [0.2, 0.25) is 0 Å². The lowest BCUT2D eigenvalue weighted by Crippen LogP contribution is -2.78. The molecule has 2 heterocycles. The first kappa shape index (κ1) is 20.9. The van der Waals surface area contributed by atoms with Crippen molar-refractivity contribution in [1.29, 1.82) is 0 Å². The Balaban J connectivity index is 1.47. The third-order valence-electron chi connectivity index (χ3n) is 11.6. The van der Waals surface area contributed by atoms with Crippen molar-refractivity contribution in [3.8, 4) is 11.5 Å². The summed E-state index contributed by atoms with van der Waals surface area (Å²) < 4.78 is 7.04. The lowest BCUT2D eigenvalue weighted by atomic mass is 9.31. The highest BCUT2D eigenvalue weighted by Gasteiger charge is 2.79. The zero-order chi connectivity index (χ0) is 23.0. The SMILES string of the molecule is C=C([C@H]1C[C@@]23CCC1(CC)[C@@H]1Oc4c(O)ccc5c4[C@@]12CCN(CC1CC1)[C@@H]3C5)C(C)(C)C. The molecule has 178 valence electrons. The highest BCUT2D eigenvalue weighted by Crippen LogP contribution is 2.79. The second kappa shape index (κ2) is 6.20. The minimum Gasteiger partial charge on any atom is -0.504 e. The van der Waals surface area contributed by atoms with E-state index in [1.165, 1.54) is 68.3 Å². The molecule has 1 aromatic rings. The molecule has 2 spiro atoms. The van der Waals surface area contributed by atoms with Gasteiger partial charge >= 0.3 is 0 Å². The quantitative estimate of drug-likeness (QED) is 0.555. The molecule has 3 heteroatoms. The van der Waals surface area contributed by atoms with Gasteiger partial charge < -0.3 is 9.84 Å². The van der Waals surface area contributed by atoms with Crippen LogP contribution in [0.4, 0.5) is 0 Å². The molecule has 1 aromatic carbocycles. The van der Waals surface area contributed by atoms with Crippen molar-refractivity contribution in [2.24, 2.45) is 28.1 Å². The van der Waals surface area contributed by atoms with Crippen LogP contribution in [0.3, 0.4) is 0 Å². The molecule has 5 aliphatic carbocycles. The predicted octanol–water partition coefficient (Wildman–Crippen LogP) is 6.23. The van der Waals surface area contributed by atoms with Crippen LogP contribution in [-0.2, 0) is 11.8 Å². The Hall–Kier alpha value is -1.48. The van der Waals surface area contributed by atoms with E-state index in [2.05, 4.69) is 38.7 Å². The number of likely N-dealkylation sites (tertiary alicyclic amines) is 1. The lowest BCUT2D eigenvalue weighted by molar-refractivity contribution is -0.235. The molecule has 0 amide bonds. The van der Waals surface area contributed by atoms with Crippen molar-refractivity contribution in [3.63, 3.8) is 0 Å². The van der Waals surface area contributed by atoms with Gasteiger partial charge in [-0.3, -0.25) is 4.90 Å². The maximum absolute atomic E-state index is 11.0. The Labute approximate surface area is 199 Å². The molecule has 4 saturated carbocycles. The highest BCUT2D eigenvalue weighted by molar-refractivity contribution is 5.63. The summed E-state index contributed by atoms with van der Waals surface area (Å²) in [4.78, 5) is 2.91. The van der Waals surface area contributed by atoms with E-state index in [0.29, 0.717) is 17.7 Å². The Bertz CT molecular complexity index is 1050. The van der Waals surface area contributed by atoms with Gasteiger partial charge in [0, 0.05) is 34.4 Å². The van der Waals surface area contributed by atoms with Gasteiger partial charge in [0.2, 0.25) is 0 Å². The Morgan fingerprint density at radius 3 is 2.70 bits per heavy atom. The number of hydrogen-bond donors (Lipinski definition) is 1. The third-order valence-corrected chi connectivity index (χ3v) is 11.6. The van der Waals surface area contributed by atoms with Crippen LogP contribution in [0.15, 0.2) is 24.3 Å². The number of hydrogen-bond acceptors (Lipinski definition) is 3. The summed E-state index contributed by atoms with van der Waals surface area (Å²) in [6, 6.07) is 4.74. The molecule has 1 N–H and O–H groups in total. The Morgan fingerprint density at radius 1 is 1.21 bits per heavy atom. The second-order valence-corrected chi connectivity index (χ2v) is 13.6. The van der Waals surface area contributed by atoms with Crippen molar-refractivity contribution < 1.29 is 9.84 Å². The van der Waals surface area contributed by atoms with E-state index < -0.39 is 0 Å². The second-order valence-electron chi connectivity index (χ2n) is 13.6. The van der Waals surface area contributed by atoms with Crippen LogP contribution in [0.1, 0.15) is 83.8 Å². The topological polar surface area (TPSA) is 32.7 Å². The van der Waals surface area contributed by atoms with Gasteiger partial charge in [0.1, 0.15) is 6.10 Å². The molecule has 0 aromatic heterocycles. The smallest absolute Gasteiger partial charge is 0.165 e. The van der Waals surface area contributed by atoms with E-state index in [9.17, 15) is 5.11 Å². The molecular formula is C30H41NO2. The van der Waals surface area contributed by atoms with Gasteiger partial charge in [-0.15, -0.1) is 0 Å². The van der Waals surface area contributed by atoms with Crippen LogP contribution in [0.5, 0.6) is 11.5 Å². The minimum atomic E-state index is 0.0717. The maximum Gasteiger partial charge on any atom is 0.165 e. The summed E-state index contributed by atoms with van der Waals surface area (Å²) in [6.45, 7) is 16.7. The van der Waals surface area contributed by atoms with Crippen molar-refractivity contribution in [2.45, 2.75) is 96.6 Å². The minimum absolute atomic E-state index is 0.0717. The molecule has 1 saturated heterocycles. The molecule has 7 aliphatic rings. The van der Waals surface area contributed by atoms with E-state index >= 15 is 0 Å². The zero-order valence-corrected chi connectivity index (χ0v) is 21.0. The monoisotopic (exact) mass is 447 g/mol. The van der Waals surface area contributed by atoms with Gasteiger partial charge in [0.15, 0.2) is 11.5 Å². The summed E-state index contributed by atoms with van der Waals surface area (Å²) >= 11 is 0. The number of phenols is 1. The van der Waals surface area contributed by atoms with Gasteiger partial charge in [-0.2, -0.15) is 0 Å². The average molecular weight is 448 g/mol. The number of nitrogens with zero attached hydrogens (tertiary/aromatic N) is 1. The number of allylic oxidation sites excluding steroid dienone is 1. The van der Waals surface area contributed by atoms with Gasteiger partial charge in [-0.25, -0.2) is 0 Å². The number of rotatable bonds is 4. The average Bonchev–Trinajstić information content (AvgIpc) is 3.52. The normalized spacial score (nSPS) is 42.7. The van der Waals surface area contributed by atoms with E-state index in [0.717, 1.165) is 24.5 Å². The summed E-state index contributed by atoms with van der Waals surface area (Å²) in [5.74, 6) is 2.63. The molecule has 4 bridgehead atoms. The molecule has 0 radical (unpaired) electrons. The summed E-state index contributed by atoms with van der Waals surface area (Å²) in [6.07, 6.45) is 10.3. The molecule has 6 atom stereocenters. The molecule has 1 unspecified atom stereocenters. The molecule has 3 nitrogen and oxygen atoms in total. The molecule has 2 aliphatic heterocycles. The fraction of sp³-hybridized carbons (Fsp3) is 0.733. The van der Waals surface area contributed by atoms with Gasteiger partial charge in [0.25, 0.3) is 0 Å². The number of phenolic OH excluding ortho intramolecular Hbond substituents is 1. The third kappa shape index (κ3) is 2.27. The number of ether oxygens (including phenoxy) is 1. The summed E-state index contributed by atoms with van der Waals surface area (Å²) in [5.41, 5.74) is 4.85. The van der Waals surface area contributed by atoms with Crippen molar-refractivity contribution >= 4 is 0 Å². The van der Waals surface area contributed by atoms with E-state index in [4.69, 9.17) is 11.3 Å².